The Bertz CT molecular complexity index is 889. The molecule has 134 valence electrons. The second kappa shape index (κ2) is 8.15. The molecule has 0 saturated carbocycles. The number of thiazole rings is 1. The molecule has 2 aromatic rings. The summed E-state index contributed by atoms with van der Waals surface area (Å²) >= 11 is 1.53. The molecule has 0 radical (unpaired) electrons. The van der Waals surface area contributed by atoms with Crippen molar-refractivity contribution < 1.29 is 9.90 Å². The molecule has 1 heterocycles. The SMILES string of the molecule is CCN(CC)C1=CC=C(c2csc(-c3cccc(C(=O)O)c3)n2)C=CC1. The van der Waals surface area contributed by atoms with E-state index in [1.807, 2.05) is 11.4 Å². The van der Waals surface area contributed by atoms with Gasteiger partial charge in [-0.2, -0.15) is 0 Å². The first kappa shape index (κ1) is 18.1. The van der Waals surface area contributed by atoms with Crippen molar-refractivity contribution in [3.8, 4) is 10.6 Å². The molecule has 3 rings (SSSR count). The van der Waals surface area contributed by atoms with Crippen molar-refractivity contribution >= 4 is 22.9 Å². The number of carboxylic acids is 1. The maximum absolute atomic E-state index is 11.2. The summed E-state index contributed by atoms with van der Waals surface area (Å²) in [5.41, 5.74) is 4.41. The van der Waals surface area contributed by atoms with Crippen molar-refractivity contribution in [2.45, 2.75) is 20.3 Å². The second-order valence-corrected chi connectivity index (χ2v) is 6.84. The van der Waals surface area contributed by atoms with Gasteiger partial charge in [0.2, 0.25) is 0 Å². The van der Waals surface area contributed by atoms with Crippen LogP contribution < -0.4 is 0 Å². The van der Waals surface area contributed by atoms with Crippen LogP contribution in [0.25, 0.3) is 16.1 Å². The number of hydrogen-bond donors (Lipinski definition) is 1. The molecule has 0 bridgehead atoms. The predicted octanol–water partition coefficient (Wildman–Crippen LogP) is 5.08. The molecule has 0 spiro atoms. The number of hydrogen-bond acceptors (Lipinski definition) is 4. The molecule has 0 saturated heterocycles. The predicted molar refractivity (Wildman–Crippen MR) is 107 cm³/mol. The number of rotatable bonds is 6. The van der Waals surface area contributed by atoms with Crippen molar-refractivity contribution in [1.29, 1.82) is 0 Å². The van der Waals surface area contributed by atoms with E-state index < -0.39 is 5.97 Å². The molecule has 5 heteroatoms. The maximum atomic E-state index is 11.2. The lowest BCUT2D eigenvalue weighted by molar-refractivity contribution is 0.0697. The van der Waals surface area contributed by atoms with E-state index >= 15 is 0 Å². The molecule has 0 unspecified atom stereocenters. The first-order chi connectivity index (χ1) is 12.6. The number of allylic oxidation sites excluding steroid dienone is 5. The Hall–Kier alpha value is -2.66. The van der Waals surface area contributed by atoms with Crippen LogP contribution in [0.3, 0.4) is 0 Å². The Labute approximate surface area is 157 Å². The highest BCUT2D eigenvalue weighted by molar-refractivity contribution is 7.13. The van der Waals surface area contributed by atoms with E-state index in [-0.39, 0.29) is 5.56 Å². The van der Waals surface area contributed by atoms with E-state index in [0.717, 1.165) is 41.3 Å². The fraction of sp³-hybridized carbons (Fsp3) is 0.238. The van der Waals surface area contributed by atoms with Crippen LogP contribution in [0.5, 0.6) is 0 Å². The summed E-state index contributed by atoms with van der Waals surface area (Å²) in [6.07, 6.45) is 9.49. The summed E-state index contributed by atoms with van der Waals surface area (Å²) in [4.78, 5) is 18.2. The molecule has 4 nitrogen and oxygen atoms in total. The zero-order valence-electron chi connectivity index (χ0n) is 15.0. The lowest BCUT2D eigenvalue weighted by Gasteiger charge is -2.23. The van der Waals surface area contributed by atoms with E-state index in [4.69, 9.17) is 10.1 Å². The highest BCUT2D eigenvalue weighted by Crippen LogP contribution is 2.29. The normalized spacial score (nSPS) is 13.8. The quantitative estimate of drug-likeness (QED) is 0.775. The molecule has 1 aliphatic rings. The number of benzene rings is 1. The fourth-order valence-corrected chi connectivity index (χ4v) is 3.80. The maximum Gasteiger partial charge on any atom is 0.335 e. The zero-order chi connectivity index (χ0) is 18.5. The second-order valence-electron chi connectivity index (χ2n) is 5.98. The Morgan fingerprint density at radius 2 is 2.08 bits per heavy atom. The third kappa shape index (κ3) is 3.94. The summed E-state index contributed by atoms with van der Waals surface area (Å²) in [7, 11) is 0. The number of carbonyl (C=O) groups is 1. The largest absolute Gasteiger partial charge is 0.478 e. The Balaban J connectivity index is 1.88. The molecule has 0 aliphatic heterocycles. The summed E-state index contributed by atoms with van der Waals surface area (Å²) in [5, 5.41) is 12.0. The molecule has 0 fully saturated rings. The first-order valence-corrected chi connectivity index (χ1v) is 9.62. The van der Waals surface area contributed by atoms with E-state index in [1.165, 1.54) is 17.0 Å². The molecule has 1 aromatic carbocycles. The van der Waals surface area contributed by atoms with Gasteiger partial charge in [0.15, 0.2) is 0 Å². The minimum atomic E-state index is -0.924. The smallest absolute Gasteiger partial charge is 0.335 e. The molecular weight excluding hydrogens is 344 g/mol. The number of nitrogens with zero attached hydrogens (tertiary/aromatic N) is 2. The van der Waals surface area contributed by atoms with Gasteiger partial charge in [-0.3, -0.25) is 0 Å². The van der Waals surface area contributed by atoms with Gasteiger partial charge in [-0.25, -0.2) is 9.78 Å². The van der Waals surface area contributed by atoms with Crippen molar-refractivity contribution in [3.05, 3.63) is 70.9 Å². The van der Waals surface area contributed by atoms with Crippen LogP contribution in [-0.2, 0) is 0 Å². The van der Waals surface area contributed by atoms with Crippen LogP contribution >= 0.6 is 11.3 Å². The molecule has 0 atom stereocenters. The summed E-state index contributed by atoms with van der Waals surface area (Å²) in [5.74, 6) is -0.924. The zero-order valence-corrected chi connectivity index (χ0v) is 15.8. The van der Waals surface area contributed by atoms with Gasteiger partial charge in [-0.15, -0.1) is 11.3 Å². The van der Waals surface area contributed by atoms with Crippen molar-refractivity contribution in [1.82, 2.24) is 9.88 Å². The Morgan fingerprint density at radius 1 is 1.27 bits per heavy atom. The summed E-state index contributed by atoms with van der Waals surface area (Å²) < 4.78 is 0. The molecule has 1 N–H and O–H groups in total. The number of carboxylic acid groups (broad SMARTS) is 1. The van der Waals surface area contributed by atoms with Gasteiger partial charge < -0.3 is 10.0 Å². The molecular formula is C21H22N2O2S. The molecule has 26 heavy (non-hydrogen) atoms. The third-order valence-corrected chi connectivity index (χ3v) is 5.30. The van der Waals surface area contributed by atoms with Gasteiger partial charge in [-0.05, 0) is 32.1 Å². The van der Waals surface area contributed by atoms with E-state index in [9.17, 15) is 4.79 Å². The van der Waals surface area contributed by atoms with Gasteiger partial charge in [0.25, 0.3) is 0 Å². The Kier molecular flexibility index (Phi) is 5.68. The van der Waals surface area contributed by atoms with E-state index in [2.05, 4.69) is 43.1 Å². The van der Waals surface area contributed by atoms with Gasteiger partial charge >= 0.3 is 5.97 Å². The highest BCUT2D eigenvalue weighted by Gasteiger charge is 2.11. The number of aromatic carboxylic acids is 1. The van der Waals surface area contributed by atoms with E-state index in [0.29, 0.717) is 0 Å². The standard InChI is InChI=1S/C21H22N2O2S/c1-3-23(4-2)18-10-6-7-15(11-12-18)19-14-26-20(22-19)16-8-5-9-17(13-16)21(24)25/h5-9,11-14H,3-4,10H2,1-2H3,(H,24,25). The van der Waals surface area contributed by atoms with Crippen LogP contribution in [0.4, 0.5) is 0 Å². The monoisotopic (exact) mass is 366 g/mol. The van der Waals surface area contributed by atoms with Gasteiger partial charge in [0.1, 0.15) is 5.01 Å². The van der Waals surface area contributed by atoms with Gasteiger partial charge in [-0.1, -0.05) is 30.4 Å². The van der Waals surface area contributed by atoms with Crippen LogP contribution in [0.1, 0.15) is 36.3 Å². The van der Waals surface area contributed by atoms with E-state index in [1.54, 1.807) is 18.2 Å². The Morgan fingerprint density at radius 3 is 2.81 bits per heavy atom. The molecule has 0 amide bonds. The lowest BCUT2D eigenvalue weighted by atomic mass is 10.1. The topological polar surface area (TPSA) is 53.4 Å². The van der Waals surface area contributed by atoms with Crippen molar-refractivity contribution in [3.63, 3.8) is 0 Å². The first-order valence-electron chi connectivity index (χ1n) is 8.74. The van der Waals surface area contributed by atoms with Crippen molar-refractivity contribution in [2.75, 3.05) is 13.1 Å². The molecule has 1 aliphatic carbocycles. The third-order valence-electron chi connectivity index (χ3n) is 4.41. The van der Waals surface area contributed by atoms with Gasteiger partial charge in [0.05, 0.1) is 11.3 Å². The lowest BCUT2D eigenvalue weighted by Crippen LogP contribution is -2.21. The van der Waals surface area contributed by atoms with Crippen LogP contribution in [0.15, 0.2) is 59.6 Å². The van der Waals surface area contributed by atoms with Crippen molar-refractivity contribution in [2.24, 2.45) is 0 Å². The minimum Gasteiger partial charge on any atom is -0.478 e. The average Bonchev–Trinajstić information content (AvgIpc) is 3.03. The highest BCUT2D eigenvalue weighted by atomic mass is 32.1. The summed E-state index contributed by atoms with van der Waals surface area (Å²) in [6.45, 7) is 6.34. The average molecular weight is 366 g/mol. The summed E-state index contributed by atoms with van der Waals surface area (Å²) in [6, 6.07) is 6.91. The molecule has 1 aromatic heterocycles. The van der Waals surface area contributed by atoms with Gasteiger partial charge in [0, 0.05) is 41.7 Å². The van der Waals surface area contributed by atoms with Crippen LogP contribution in [0, 0.1) is 0 Å². The van der Waals surface area contributed by atoms with Crippen LogP contribution in [-0.4, -0.2) is 34.0 Å². The fourth-order valence-electron chi connectivity index (χ4n) is 2.98. The van der Waals surface area contributed by atoms with Crippen LogP contribution in [0.2, 0.25) is 0 Å². The minimum absolute atomic E-state index is 0.277. The number of aromatic nitrogens is 1.